The molecular weight excluding hydrogens is 891 g/mol. The van der Waals surface area contributed by atoms with Crippen molar-refractivity contribution in [1.82, 2.24) is 14.9 Å². The van der Waals surface area contributed by atoms with Crippen molar-refractivity contribution in [3.63, 3.8) is 0 Å². The Balaban J connectivity index is 0.000000237. The van der Waals surface area contributed by atoms with Crippen LogP contribution in [-0.4, -0.2) is 87.0 Å². The molecule has 0 aliphatic heterocycles. The zero-order valence-corrected chi connectivity index (χ0v) is 40.3. The van der Waals surface area contributed by atoms with Crippen molar-refractivity contribution >= 4 is 93.9 Å². The Kier molecular flexibility index (Phi) is 18.3. The molecule has 12 nitrogen and oxygen atoms in total. The van der Waals surface area contributed by atoms with Crippen molar-refractivity contribution in [3.8, 4) is 0 Å². The first-order valence-corrected chi connectivity index (χ1v) is 28.3. The summed E-state index contributed by atoms with van der Waals surface area (Å²) in [5.74, 6) is 0.564. The molecule has 0 spiro atoms. The van der Waals surface area contributed by atoms with Crippen molar-refractivity contribution < 1.29 is 31.2 Å². The van der Waals surface area contributed by atoms with Crippen molar-refractivity contribution in [2.24, 2.45) is 11.8 Å². The highest BCUT2D eigenvalue weighted by molar-refractivity contribution is 8.01. The Hall–Kier alpha value is -3.29. The van der Waals surface area contributed by atoms with Crippen LogP contribution >= 0.6 is 46.2 Å². The SMILES string of the molecule is CCN(CC)C(=O)CSc1cnc(NC(=O)C(CC2CCCC2)c2ccc(S(C)(=O)=O)cc2)s1.CSc1cnc(NC(=O)[C@H](CC2CCCC2)c2ccc(S(C)(=O)=O)cc2)s1. The van der Waals surface area contributed by atoms with Crippen LogP contribution in [0.15, 0.2) is 79.1 Å². The van der Waals surface area contributed by atoms with Gasteiger partial charge in [0.2, 0.25) is 17.7 Å². The lowest BCUT2D eigenvalue weighted by atomic mass is 9.87. The van der Waals surface area contributed by atoms with Crippen LogP contribution in [0.5, 0.6) is 0 Å². The molecule has 2 aliphatic rings. The van der Waals surface area contributed by atoms with Crippen LogP contribution in [0.3, 0.4) is 0 Å². The number of thioether (sulfide) groups is 2. The lowest BCUT2D eigenvalue weighted by Gasteiger charge is -2.20. The van der Waals surface area contributed by atoms with Gasteiger partial charge in [-0.25, -0.2) is 26.8 Å². The van der Waals surface area contributed by atoms with Gasteiger partial charge in [0.05, 0.1) is 48.2 Å². The van der Waals surface area contributed by atoms with Gasteiger partial charge in [0.15, 0.2) is 29.9 Å². The smallest absolute Gasteiger partial charge is 0.233 e. The molecule has 3 amide bonds. The van der Waals surface area contributed by atoms with Gasteiger partial charge in [0, 0.05) is 25.6 Å². The number of benzene rings is 2. The molecule has 2 heterocycles. The van der Waals surface area contributed by atoms with Crippen molar-refractivity contribution in [2.45, 2.75) is 108 Å². The van der Waals surface area contributed by atoms with Gasteiger partial charge in [0.25, 0.3) is 0 Å². The molecule has 2 N–H and O–H groups in total. The molecule has 2 aromatic carbocycles. The monoisotopic (exact) mass is 947 g/mol. The molecule has 18 heteroatoms. The Labute approximate surface area is 377 Å². The fourth-order valence-corrected chi connectivity index (χ4v) is 12.1. The van der Waals surface area contributed by atoms with Crippen molar-refractivity contribution in [2.75, 3.05) is 48.2 Å². The molecule has 4 aromatic rings. The molecular formula is C43H57N5O7S6. The van der Waals surface area contributed by atoms with Gasteiger partial charge in [-0.05, 0) is 80.2 Å². The molecule has 6 rings (SSSR count). The van der Waals surface area contributed by atoms with E-state index in [1.807, 2.05) is 20.1 Å². The lowest BCUT2D eigenvalue weighted by molar-refractivity contribution is -0.128. The number of sulfone groups is 2. The number of hydrogen-bond acceptors (Lipinski definition) is 13. The number of carbonyl (C=O) groups excluding carboxylic acids is 3. The Morgan fingerprint density at radius 1 is 0.689 bits per heavy atom. The molecule has 2 aromatic heterocycles. The van der Waals surface area contributed by atoms with Crippen LogP contribution in [0, 0.1) is 11.8 Å². The second-order valence-corrected chi connectivity index (χ2v) is 24.0. The van der Waals surface area contributed by atoms with Crippen LogP contribution in [0.25, 0.3) is 0 Å². The fraction of sp³-hybridized carbons (Fsp3) is 0.512. The average molecular weight is 948 g/mol. The van der Waals surface area contributed by atoms with E-state index in [-0.39, 0.29) is 39.3 Å². The number of rotatable bonds is 18. The summed E-state index contributed by atoms with van der Waals surface area (Å²) in [6.07, 6.45) is 18.7. The van der Waals surface area contributed by atoms with E-state index in [1.54, 1.807) is 77.6 Å². The third kappa shape index (κ3) is 14.6. The van der Waals surface area contributed by atoms with E-state index in [0.29, 0.717) is 40.9 Å². The second kappa shape index (κ2) is 22.9. The quantitative estimate of drug-likeness (QED) is 0.0911. The van der Waals surface area contributed by atoms with Gasteiger partial charge >= 0.3 is 0 Å². The van der Waals surface area contributed by atoms with E-state index in [2.05, 4.69) is 20.6 Å². The minimum atomic E-state index is -3.29. The molecule has 0 saturated heterocycles. The largest absolute Gasteiger partial charge is 0.343 e. The van der Waals surface area contributed by atoms with Gasteiger partial charge in [0.1, 0.15) is 0 Å². The molecule has 332 valence electrons. The third-order valence-electron chi connectivity index (χ3n) is 11.2. The number of hydrogen-bond donors (Lipinski definition) is 2. The first kappa shape index (κ1) is 48.7. The molecule has 0 radical (unpaired) electrons. The van der Waals surface area contributed by atoms with Gasteiger partial charge in [-0.2, -0.15) is 0 Å². The maximum atomic E-state index is 13.3. The summed E-state index contributed by atoms with van der Waals surface area (Å²) >= 11 is 5.85. The Morgan fingerprint density at radius 3 is 1.44 bits per heavy atom. The topological polar surface area (TPSA) is 173 Å². The minimum Gasteiger partial charge on any atom is -0.343 e. The number of anilines is 2. The summed E-state index contributed by atoms with van der Waals surface area (Å²) in [5.41, 5.74) is 1.67. The van der Waals surface area contributed by atoms with Crippen LogP contribution in [0.1, 0.15) is 101 Å². The van der Waals surface area contributed by atoms with Gasteiger partial charge in [-0.15, -0.1) is 23.5 Å². The van der Waals surface area contributed by atoms with Gasteiger partial charge in [-0.1, -0.05) is 98.3 Å². The first-order chi connectivity index (χ1) is 29.1. The summed E-state index contributed by atoms with van der Waals surface area (Å²) < 4.78 is 49.0. The van der Waals surface area contributed by atoms with Crippen molar-refractivity contribution in [1.29, 1.82) is 0 Å². The Morgan fingerprint density at radius 2 is 1.08 bits per heavy atom. The minimum absolute atomic E-state index is 0.0731. The molecule has 2 atom stereocenters. The number of thiazole rings is 2. The molecule has 61 heavy (non-hydrogen) atoms. The summed E-state index contributed by atoms with van der Waals surface area (Å²) in [5, 5.41) is 7.02. The first-order valence-electron chi connectivity index (χ1n) is 20.7. The van der Waals surface area contributed by atoms with E-state index in [1.165, 1.54) is 72.6 Å². The number of carbonyl (C=O) groups is 3. The standard InChI is InChI=1S/C24H33N3O4S3.C19H24N2O3S3/c1-4-27(5-2)21(28)16-32-22-15-25-24(33-22)26-23(29)20(14-17-8-6-7-9-17)18-10-12-19(13-11-18)34(3,30)31;1-25-17-12-20-19(26-17)21-18(22)16(11-13-5-3-4-6-13)14-7-9-15(10-8-14)27(2,23)24/h10-13,15,17,20H,4-9,14,16H2,1-3H3,(H,25,26,29);7-10,12-13,16H,3-6,11H2,1-2H3,(H,20,21,22)/t;16-/m.1/s1. The highest BCUT2D eigenvalue weighted by atomic mass is 32.2. The van der Waals surface area contributed by atoms with E-state index in [0.717, 1.165) is 58.1 Å². The number of nitrogens with one attached hydrogen (secondary N) is 2. The summed E-state index contributed by atoms with van der Waals surface area (Å²) in [6, 6.07) is 13.4. The zero-order valence-electron chi connectivity index (χ0n) is 35.4. The van der Waals surface area contributed by atoms with Crippen LogP contribution in [0.4, 0.5) is 10.3 Å². The lowest BCUT2D eigenvalue weighted by Crippen LogP contribution is -2.31. The van der Waals surface area contributed by atoms with Crippen LogP contribution in [0.2, 0.25) is 0 Å². The summed E-state index contributed by atoms with van der Waals surface area (Å²) in [6.45, 7) is 5.30. The fourth-order valence-electron chi connectivity index (χ4n) is 7.82. The summed E-state index contributed by atoms with van der Waals surface area (Å²) in [7, 11) is -6.54. The van der Waals surface area contributed by atoms with E-state index < -0.39 is 19.7 Å². The predicted octanol–water partition coefficient (Wildman–Crippen LogP) is 9.38. The van der Waals surface area contributed by atoms with Gasteiger partial charge in [-0.3, -0.25) is 14.4 Å². The molecule has 1 unspecified atom stereocenters. The zero-order chi connectivity index (χ0) is 44.2. The average Bonchev–Trinajstić information content (AvgIpc) is 4.08. The maximum absolute atomic E-state index is 13.3. The van der Waals surface area contributed by atoms with E-state index in [9.17, 15) is 31.2 Å². The molecule has 2 aliphatic carbocycles. The number of aromatic nitrogens is 2. The van der Waals surface area contributed by atoms with Crippen LogP contribution in [-0.2, 0) is 34.1 Å². The normalized spacial score (nSPS) is 15.8. The Bertz CT molecular complexity index is 2280. The molecule has 2 saturated carbocycles. The van der Waals surface area contributed by atoms with E-state index in [4.69, 9.17) is 0 Å². The van der Waals surface area contributed by atoms with E-state index >= 15 is 0 Å². The third-order valence-corrected chi connectivity index (χ3v) is 17.5. The molecule has 0 bridgehead atoms. The number of amides is 3. The van der Waals surface area contributed by atoms with Crippen LogP contribution < -0.4 is 10.6 Å². The predicted molar refractivity (Wildman–Crippen MR) is 250 cm³/mol. The summed E-state index contributed by atoms with van der Waals surface area (Å²) in [4.78, 5) is 49.5. The molecule has 2 fully saturated rings. The van der Waals surface area contributed by atoms with Crippen molar-refractivity contribution in [3.05, 3.63) is 72.1 Å². The highest BCUT2D eigenvalue weighted by Crippen LogP contribution is 2.38. The number of nitrogens with zero attached hydrogens (tertiary/aromatic N) is 3. The maximum Gasteiger partial charge on any atom is 0.233 e. The second-order valence-electron chi connectivity index (χ2n) is 15.6. The highest BCUT2D eigenvalue weighted by Gasteiger charge is 2.29. The van der Waals surface area contributed by atoms with Gasteiger partial charge < -0.3 is 15.5 Å².